The van der Waals surface area contributed by atoms with Gasteiger partial charge in [-0.25, -0.2) is 4.79 Å². The molecule has 0 saturated heterocycles. The van der Waals surface area contributed by atoms with Crippen LogP contribution in [0.5, 0.6) is 0 Å². The Kier molecular flexibility index (Phi) is 6.58. The van der Waals surface area contributed by atoms with Crippen LogP contribution in [-0.4, -0.2) is 35.4 Å². The number of rotatable bonds is 7. The van der Waals surface area contributed by atoms with Crippen molar-refractivity contribution in [2.45, 2.75) is 13.5 Å². The van der Waals surface area contributed by atoms with E-state index in [1.807, 2.05) is 43.3 Å². The monoisotopic (exact) mass is 389 g/mol. The Labute approximate surface area is 170 Å². The first-order valence-corrected chi connectivity index (χ1v) is 9.35. The summed E-state index contributed by atoms with van der Waals surface area (Å²) in [5.74, 6) is -0.540. The fourth-order valence-electron chi connectivity index (χ4n) is 2.93. The zero-order valence-corrected chi connectivity index (χ0v) is 16.5. The summed E-state index contributed by atoms with van der Waals surface area (Å²) in [7, 11) is 1.35. The molecule has 0 atom stereocenters. The number of aromatic nitrogens is 1. The normalized spacial score (nSPS) is 10.3. The molecule has 6 heteroatoms. The van der Waals surface area contributed by atoms with Crippen molar-refractivity contribution in [2.24, 2.45) is 0 Å². The van der Waals surface area contributed by atoms with Crippen LogP contribution >= 0.6 is 0 Å². The molecule has 0 aliphatic rings. The lowest BCUT2D eigenvalue weighted by atomic mass is 10.2. The molecule has 1 amide bonds. The number of hydrogen-bond donors (Lipinski definition) is 1. The average molecular weight is 389 g/mol. The van der Waals surface area contributed by atoms with E-state index in [2.05, 4.69) is 10.3 Å². The van der Waals surface area contributed by atoms with Gasteiger partial charge in [0.25, 0.3) is 5.91 Å². The predicted octanol–water partition coefficient (Wildman–Crippen LogP) is 4.27. The maximum Gasteiger partial charge on any atom is 0.337 e. The lowest BCUT2D eigenvalue weighted by Crippen LogP contribution is -2.31. The summed E-state index contributed by atoms with van der Waals surface area (Å²) in [4.78, 5) is 30.6. The summed E-state index contributed by atoms with van der Waals surface area (Å²) in [5.41, 5.74) is 3.30. The van der Waals surface area contributed by atoms with E-state index < -0.39 is 5.97 Å². The van der Waals surface area contributed by atoms with Gasteiger partial charge in [0.2, 0.25) is 0 Å². The Balaban J connectivity index is 1.76. The van der Waals surface area contributed by atoms with Gasteiger partial charge in [-0.2, -0.15) is 0 Å². The molecule has 0 saturated carbocycles. The van der Waals surface area contributed by atoms with Crippen LogP contribution in [0.3, 0.4) is 0 Å². The predicted molar refractivity (Wildman–Crippen MR) is 112 cm³/mol. The number of nitrogens with one attached hydrogen (secondary N) is 1. The van der Waals surface area contributed by atoms with E-state index in [0.29, 0.717) is 35.7 Å². The van der Waals surface area contributed by atoms with E-state index in [0.717, 1.165) is 5.56 Å². The van der Waals surface area contributed by atoms with Crippen molar-refractivity contribution in [3.63, 3.8) is 0 Å². The van der Waals surface area contributed by atoms with E-state index >= 15 is 0 Å². The van der Waals surface area contributed by atoms with Gasteiger partial charge >= 0.3 is 5.97 Å². The largest absolute Gasteiger partial charge is 0.465 e. The molecule has 1 N–H and O–H groups in total. The number of carbonyl (C=O) groups excluding carboxylic acids is 2. The maximum absolute atomic E-state index is 12.9. The zero-order valence-electron chi connectivity index (χ0n) is 16.5. The van der Waals surface area contributed by atoms with Gasteiger partial charge in [-0.1, -0.05) is 36.4 Å². The van der Waals surface area contributed by atoms with Gasteiger partial charge in [0.05, 0.1) is 12.7 Å². The number of hydrogen-bond acceptors (Lipinski definition) is 5. The molecule has 0 aliphatic heterocycles. The Morgan fingerprint density at radius 3 is 2.48 bits per heavy atom. The van der Waals surface area contributed by atoms with Crippen LogP contribution in [0.1, 0.15) is 33.3 Å². The highest BCUT2D eigenvalue weighted by Crippen LogP contribution is 2.19. The molecule has 148 valence electrons. The Hall–Kier alpha value is -3.67. The van der Waals surface area contributed by atoms with Gasteiger partial charge in [0.1, 0.15) is 5.69 Å². The van der Waals surface area contributed by atoms with Crippen LogP contribution in [0.25, 0.3) is 0 Å². The highest BCUT2D eigenvalue weighted by atomic mass is 16.5. The molecule has 0 aliphatic carbocycles. The molecule has 0 fully saturated rings. The van der Waals surface area contributed by atoms with Crippen LogP contribution < -0.4 is 5.32 Å². The summed E-state index contributed by atoms with van der Waals surface area (Å²) >= 11 is 0. The summed E-state index contributed by atoms with van der Waals surface area (Å²) in [6, 6.07) is 20.3. The van der Waals surface area contributed by atoms with Crippen LogP contribution in [0.4, 0.5) is 11.4 Å². The fraction of sp³-hybridized carbons (Fsp3) is 0.174. The zero-order chi connectivity index (χ0) is 20.6. The summed E-state index contributed by atoms with van der Waals surface area (Å²) < 4.78 is 4.75. The number of amides is 1. The molecule has 0 unspecified atom stereocenters. The third-order valence-electron chi connectivity index (χ3n) is 4.44. The highest BCUT2D eigenvalue weighted by Gasteiger charge is 2.16. The summed E-state index contributed by atoms with van der Waals surface area (Å²) in [6.07, 6.45) is 1.59. The molecule has 3 aromatic rings. The fourth-order valence-corrected chi connectivity index (χ4v) is 2.93. The van der Waals surface area contributed by atoms with Crippen molar-refractivity contribution in [3.05, 3.63) is 89.7 Å². The molecule has 2 aromatic carbocycles. The number of esters is 1. The van der Waals surface area contributed by atoms with Crippen LogP contribution in [0, 0.1) is 0 Å². The van der Waals surface area contributed by atoms with Crippen molar-refractivity contribution in [3.8, 4) is 0 Å². The lowest BCUT2D eigenvalue weighted by Gasteiger charge is -2.21. The Morgan fingerprint density at radius 2 is 1.76 bits per heavy atom. The number of methoxy groups -OCH3 is 1. The molecule has 0 radical (unpaired) electrons. The molecule has 1 aromatic heterocycles. The first-order chi connectivity index (χ1) is 14.1. The standard InChI is InChI=1S/C23H23N3O3/c1-3-26(16-17-8-5-4-6-9-17)22(27)21-15-20(12-13-24-21)25-19-11-7-10-18(14-19)23(28)29-2/h4-15H,3,16H2,1-2H3,(H,24,25). The molecule has 6 nitrogen and oxygen atoms in total. The number of ether oxygens (including phenoxy) is 1. The number of nitrogens with zero attached hydrogens (tertiary/aromatic N) is 2. The van der Waals surface area contributed by atoms with Crippen molar-refractivity contribution >= 4 is 23.3 Å². The minimum Gasteiger partial charge on any atom is -0.465 e. The SMILES string of the molecule is CCN(Cc1ccccc1)C(=O)c1cc(Nc2cccc(C(=O)OC)c2)ccn1. The van der Waals surface area contributed by atoms with Gasteiger partial charge in [0.15, 0.2) is 0 Å². The lowest BCUT2D eigenvalue weighted by molar-refractivity contribution is 0.0600. The number of benzene rings is 2. The van der Waals surface area contributed by atoms with Crippen molar-refractivity contribution < 1.29 is 14.3 Å². The first-order valence-electron chi connectivity index (χ1n) is 9.35. The highest BCUT2D eigenvalue weighted by molar-refractivity contribution is 5.93. The third kappa shape index (κ3) is 5.19. The molecule has 29 heavy (non-hydrogen) atoms. The maximum atomic E-state index is 12.9. The number of carbonyl (C=O) groups is 2. The summed E-state index contributed by atoms with van der Waals surface area (Å²) in [5, 5.41) is 3.21. The number of pyridine rings is 1. The molecule has 0 bridgehead atoms. The van der Waals surface area contributed by atoms with Gasteiger partial charge in [-0.3, -0.25) is 9.78 Å². The van der Waals surface area contributed by atoms with Crippen molar-refractivity contribution in [1.82, 2.24) is 9.88 Å². The van der Waals surface area contributed by atoms with Gasteiger partial charge in [0, 0.05) is 30.7 Å². The Bertz CT molecular complexity index is 989. The van der Waals surface area contributed by atoms with Gasteiger partial charge in [-0.15, -0.1) is 0 Å². The molecule has 1 heterocycles. The molecular formula is C23H23N3O3. The molecular weight excluding hydrogens is 366 g/mol. The average Bonchev–Trinajstić information content (AvgIpc) is 2.77. The third-order valence-corrected chi connectivity index (χ3v) is 4.44. The van der Waals surface area contributed by atoms with Crippen LogP contribution in [0.15, 0.2) is 72.9 Å². The summed E-state index contributed by atoms with van der Waals surface area (Å²) in [6.45, 7) is 3.05. The minimum atomic E-state index is -0.404. The van der Waals surface area contributed by atoms with Crippen LogP contribution in [0.2, 0.25) is 0 Å². The minimum absolute atomic E-state index is 0.136. The second-order valence-electron chi connectivity index (χ2n) is 6.43. The van der Waals surface area contributed by atoms with Crippen LogP contribution in [-0.2, 0) is 11.3 Å². The van der Waals surface area contributed by atoms with E-state index in [1.165, 1.54) is 7.11 Å². The van der Waals surface area contributed by atoms with E-state index in [1.54, 1.807) is 41.4 Å². The smallest absolute Gasteiger partial charge is 0.337 e. The van der Waals surface area contributed by atoms with E-state index in [-0.39, 0.29) is 5.91 Å². The topological polar surface area (TPSA) is 71.5 Å². The van der Waals surface area contributed by atoms with Gasteiger partial charge < -0.3 is 15.0 Å². The second kappa shape index (κ2) is 9.50. The second-order valence-corrected chi connectivity index (χ2v) is 6.43. The molecule has 3 rings (SSSR count). The Morgan fingerprint density at radius 1 is 1.00 bits per heavy atom. The van der Waals surface area contributed by atoms with Gasteiger partial charge in [-0.05, 0) is 42.8 Å². The van der Waals surface area contributed by atoms with E-state index in [9.17, 15) is 9.59 Å². The molecule has 0 spiro atoms. The first kappa shape index (κ1) is 20.1. The van der Waals surface area contributed by atoms with Crippen molar-refractivity contribution in [1.29, 1.82) is 0 Å². The van der Waals surface area contributed by atoms with Crippen molar-refractivity contribution in [2.75, 3.05) is 19.0 Å². The number of anilines is 2. The van der Waals surface area contributed by atoms with E-state index in [4.69, 9.17) is 4.74 Å². The quantitative estimate of drug-likeness (QED) is 0.611.